The van der Waals surface area contributed by atoms with Gasteiger partial charge < -0.3 is 15.0 Å². The van der Waals surface area contributed by atoms with Crippen molar-refractivity contribution in [1.82, 2.24) is 10.2 Å². The first kappa shape index (κ1) is 17.6. The number of nitrogens with one attached hydrogen (secondary N) is 1. The number of hydrogen-bond acceptors (Lipinski definition) is 2. The Bertz CT molecular complexity index is 568. The van der Waals surface area contributed by atoms with E-state index in [0.717, 1.165) is 37.2 Å². The smallest absolute Gasteiger partial charge is 0.193 e. The van der Waals surface area contributed by atoms with Crippen molar-refractivity contribution in [3.8, 4) is 0 Å². The Morgan fingerprint density at radius 3 is 2.71 bits per heavy atom. The molecule has 1 saturated heterocycles. The SMILES string of the molecule is CN=C(NCC1(c2ccc(Cl)cc2)CCC1)N1CCC(COC)C1. The van der Waals surface area contributed by atoms with Crippen LogP contribution in [0.1, 0.15) is 31.2 Å². The van der Waals surface area contributed by atoms with Gasteiger partial charge in [-0.15, -0.1) is 0 Å². The van der Waals surface area contributed by atoms with Gasteiger partial charge in [0.05, 0.1) is 6.61 Å². The Labute approximate surface area is 150 Å². The second-order valence-corrected chi connectivity index (χ2v) is 7.53. The first-order valence-electron chi connectivity index (χ1n) is 8.87. The van der Waals surface area contributed by atoms with Gasteiger partial charge in [0.15, 0.2) is 5.96 Å². The fourth-order valence-corrected chi connectivity index (χ4v) is 4.08. The third kappa shape index (κ3) is 3.70. The van der Waals surface area contributed by atoms with Crippen LogP contribution in [0.4, 0.5) is 0 Å². The standard InChI is InChI=1S/C19H28ClN3O/c1-21-18(23-11-8-15(12-23)13-24-2)22-14-19(9-3-10-19)16-4-6-17(20)7-5-16/h4-7,15H,3,8-14H2,1-2H3,(H,21,22). The van der Waals surface area contributed by atoms with Crippen LogP contribution in [-0.2, 0) is 10.2 Å². The van der Waals surface area contributed by atoms with E-state index in [1.54, 1.807) is 7.11 Å². The van der Waals surface area contributed by atoms with Crippen LogP contribution in [0.3, 0.4) is 0 Å². The van der Waals surface area contributed by atoms with Gasteiger partial charge in [0.2, 0.25) is 0 Å². The molecule has 1 aliphatic carbocycles. The van der Waals surface area contributed by atoms with Gasteiger partial charge in [-0.25, -0.2) is 0 Å². The fraction of sp³-hybridized carbons (Fsp3) is 0.632. The summed E-state index contributed by atoms with van der Waals surface area (Å²) in [5, 5.41) is 4.44. The molecule has 1 N–H and O–H groups in total. The molecule has 1 heterocycles. The Balaban J connectivity index is 1.61. The number of rotatable bonds is 5. The Kier molecular flexibility index (Phi) is 5.67. The molecule has 1 aliphatic heterocycles. The van der Waals surface area contributed by atoms with Crippen molar-refractivity contribution in [1.29, 1.82) is 0 Å². The molecule has 2 aliphatic rings. The first-order chi connectivity index (χ1) is 11.7. The molecule has 3 rings (SSSR count). The second-order valence-electron chi connectivity index (χ2n) is 7.10. The van der Waals surface area contributed by atoms with Gasteiger partial charge in [0.1, 0.15) is 0 Å². The maximum Gasteiger partial charge on any atom is 0.193 e. The van der Waals surface area contributed by atoms with Crippen LogP contribution in [0.25, 0.3) is 0 Å². The molecule has 0 aromatic heterocycles. The third-order valence-electron chi connectivity index (χ3n) is 5.55. The van der Waals surface area contributed by atoms with E-state index in [2.05, 4.69) is 27.3 Å². The van der Waals surface area contributed by atoms with Gasteiger partial charge in [0, 0.05) is 50.1 Å². The van der Waals surface area contributed by atoms with E-state index in [0.29, 0.717) is 5.92 Å². The minimum atomic E-state index is 0.228. The summed E-state index contributed by atoms with van der Waals surface area (Å²) in [5.74, 6) is 1.64. The van der Waals surface area contributed by atoms with Crippen molar-refractivity contribution in [2.75, 3.05) is 40.4 Å². The highest BCUT2D eigenvalue weighted by Gasteiger charge is 2.39. The highest BCUT2D eigenvalue weighted by Crippen LogP contribution is 2.43. The van der Waals surface area contributed by atoms with E-state index in [9.17, 15) is 0 Å². The van der Waals surface area contributed by atoms with Gasteiger partial charge in [-0.05, 0) is 37.0 Å². The normalized spacial score (nSPS) is 23.2. The molecule has 0 amide bonds. The molecule has 0 spiro atoms. The average Bonchev–Trinajstić information content (AvgIpc) is 3.00. The van der Waals surface area contributed by atoms with E-state index >= 15 is 0 Å². The van der Waals surface area contributed by atoms with Crippen molar-refractivity contribution in [3.63, 3.8) is 0 Å². The van der Waals surface area contributed by atoms with Crippen molar-refractivity contribution in [2.45, 2.75) is 31.1 Å². The number of methoxy groups -OCH3 is 1. The minimum absolute atomic E-state index is 0.228. The number of halogens is 1. The van der Waals surface area contributed by atoms with E-state index in [1.165, 1.54) is 31.2 Å². The zero-order valence-electron chi connectivity index (χ0n) is 14.7. The number of aliphatic imine (C=N–C) groups is 1. The molecule has 1 aromatic carbocycles. The molecule has 0 bridgehead atoms. The summed E-state index contributed by atoms with van der Waals surface area (Å²) >= 11 is 6.05. The average molecular weight is 350 g/mol. The van der Waals surface area contributed by atoms with Crippen LogP contribution >= 0.6 is 11.6 Å². The summed E-state index contributed by atoms with van der Waals surface area (Å²) in [6.45, 7) is 3.86. The summed E-state index contributed by atoms with van der Waals surface area (Å²) in [6, 6.07) is 8.36. The molecule has 1 unspecified atom stereocenters. The van der Waals surface area contributed by atoms with Gasteiger partial charge in [-0.3, -0.25) is 4.99 Å². The topological polar surface area (TPSA) is 36.9 Å². The van der Waals surface area contributed by atoms with E-state index in [4.69, 9.17) is 16.3 Å². The highest BCUT2D eigenvalue weighted by molar-refractivity contribution is 6.30. The number of guanidine groups is 1. The zero-order chi connectivity index (χ0) is 17.0. The maximum atomic E-state index is 6.05. The molecule has 1 atom stereocenters. The molecular weight excluding hydrogens is 322 g/mol. The molecule has 1 aromatic rings. The Morgan fingerprint density at radius 2 is 2.12 bits per heavy atom. The predicted molar refractivity (Wildman–Crippen MR) is 99.9 cm³/mol. The molecule has 1 saturated carbocycles. The number of ether oxygens (including phenoxy) is 1. The van der Waals surface area contributed by atoms with Gasteiger partial charge in [0.25, 0.3) is 0 Å². The fourth-order valence-electron chi connectivity index (χ4n) is 3.95. The molecule has 24 heavy (non-hydrogen) atoms. The van der Waals surface area contributed by atoms with Crippen LogP contribution in [0, 0.1) is 5.92 Å². The van der Waals surface area contributed by atoms with E-state index in [-0.39, 0.29) is 5.41 Å². The lowest BCUT2D eigenvalue weighted by Gasteiger charge is -2.43. The lowest BCUT2D eigenvalue weighted by molar-refractivity contribution is 0.157. The molecule has 0 radical (unpaired) electrons. The van der Waals surface area contributed by atoms with Crippen LogP contribution < -0.4 is 5.32 Å². The molecular formula is C19H28ClN3O. The number of benzene rings is 1. The molecule has 132 valence electrons. The monoisotopic (exact) mass is 349 g/mol. The van der Waals surface area contributed by atoms with Gasteiger partial charge in [-0.1, -0.05) is 30.2 Å². The van der Waals surface area contributed by atoms with Crippen LogP contribution in [0.2, 0.25) is 5.02 Å². The first-order valence-corrected chi connectivity index (χ1v) is 9.25. The van der Waals surface area contributed by atoms with Crippen molar-refractivity contribution in [2.24, 2.45) is 10.9 Å². The summed E-state index contributed by atoms with van der Waals surface area (Å²) in [5.41, 5.74) is 1.62. The Morgan fingerprint density at radius 1 is 1.38 bits per heavy atom. The minimum Gasteiger partial charge on any atom is -0.384 e. The lowest BCUT2D eigenvalue weighted by atomic mass is 9.64. The summed E-state index contributed by atoms with van der Waals surface area (Å²) < 4.78 is 5.30. The summed E-state index contributed by atoms with van der Waals surface area (Å²) in [7, 11) is 3.66. The molecule has 4 nitrogen and oxygen atoms in total. The lowest BCUT2D eigenvalue weighted by Crippen LogP contribution is -2.49. The predicted octanol–water partition coefficient (Wildman–Crippen LogP) is 3.31. The van der Waals surface area contributed by atoms with E-state index < -0.39 is 0 Å². The van der Waals surface area contributed by atoms with Crippen molar-refractivity contribution in [3.05, 3.63) is 34.9 Å². The number of likely N-dealkylation sites (tertiary alicyclic amines) is 1. The quantitative estimate of drug-likeness (QED) is 0.654. The summed E-state index contributed by atoms with van der Waals surface area (Å²) in [6.07, 6.45) is 4.93. The largest absolute Gasteiger partial charge is 0.384 e. The van der Waals surface area contributed by atoms with Crippen LogP contribution in [0.5, 0.6) is 0 Å². The number of hydrogen-bond donors (Lipinski definition) is 1. The number of nitrogens with zero attached hydrogens (tertiary/aromatic N) is 2. The summed E-state index contributed by atoms with van der Waals surface area (Å²) in [4.78, 5) is 6.86. The maximum absolute atomic E-state index is 6.05. The van der Waals surface area contributed by atoms with Crippen molar-refractivity contribution < 1.29 is 4.74 Å². The van der Waals surface area contributed by atoms with Gasteiger partial charge >= 0.3 is 0 Å². The molecule has 5 heteroatoms. The zero-order valence-corrected chi connectivity index (χ0v) is 15.5. The second kappa shape index (κ2) is 7.75. The molecule has 2 fully saturated rings. The highest BCUT2D eigenvalue weighted by atomic mass is 35.5. The van der Waals surface area contributed by atoms with Crippen LogP contribution in [0.15, 0.2) is 29.3 Å². The van der Waals surface area contributed by atoms with Crippen molar-refractivity contribution >= 4 is 17.6 Å². The van der Waals surface area contributed by atoms with E-state index in [1.807, 2.05) is 19.2 Å². The third-order valence-corrected chi connectivity index (χ3v) is 5.80. The van der Waals surface area contributed by atoms with Gasteiger partial charge in [-0.2, -0.15) is 0 Å². The Hall–Kier alpha value is -1.26. The van der Waals surface area contributed by atoms with Crippen LogP contribution in [-0.4, -0.2) is 51.3 Å².